The van der Waals surface area contributed by atoms with Crippen LogP contribution in [-0.2, 0) is 57.0 Å². The molecule has 0 saturated heterocycles. The Kier molecular flexibility index (Phi) is 32.6. The lowest BCUT2D eigenvalue weighted by Crippen LogP contribution is -2.41. The van der Waals surface area contributed by atoms with Gasteiger partial charge in [-0.05, 0) is 174 Å². The second-order valence-electron chi connectivity index (χ2n) is 38.4. The number of nitrogens with one attached hydrogen (secondary N) is 2. The molecular weight excluding hydrogens is 1580 g/mol. The first-order chi connectivity index (χ1) is 61.6. The van der Waals surface area contributed by atoms with Crippen molar-refractivity contribution in [3.05, 3.63) is 300 Å². The number of hydrogen-bond donors (Lipinski definition) is 2. The molecule has 128 heavy (non-hydrogen) atoms. The minimum Gasteiger partial charge on any atom is -0.461 e. The van der Waals surface area contributed by atoms with Crippen LogP contribution in [0.4, 0.5) is 22.7 Å². The normalized spacial score (nSPS) is 16.1. The van der Waals surface area contributed by atoms with Crippen molar-refractivity contribution in [3.8, 4) is 0 Å². The van der Waals surface area contributed by atoms with Crippen LogP contribution in [-0.4, -0.2) is 126 Å². The zero-order valence-corrected chi connectivity index (χ0v) is 79.1. The van der Waals surface area contributed by atoms with Crippen molar-refractivity contribution < 1.29 is 37.9 Å². The monoisotopic (exact) mass is 1720 g/mol. The topological polar surface area (TPSA) is 138 Å². The fourth-order valence-electron chi connectivity index (χ4n) is 19.3. The summed E-state index contributed by atoms with van der Waals surface area (Å²) in [6.45, 7) is 34.6. The van der Waals surface area contributed by atoms with Gasteiger partial charge in [0.05, 0.1) is 23.9 Å². The molecule has 0 radical (unpaired) electrons. The first kappa shape index (κ1) is 95.3. The summed E-state index contributed by atoms with van der Waals surface area (Å²) in [6.07, 6.45) is 44.7. The van der Waals surface area contributed by atoms with E-state index >= 15 is 0 Å². The maximum atomic E-state index is 13.0. The summed E-state index contributed by atoms with van der Waals surface area (Å²) in [5.74, 6) is -0.682. The molecule has 0 unspecified atom stereocenters. The molecule has 13 rings (SSSR count). The highest BCUT2D eigenvalue weighted by Gasteiger charge is 2.48. The summed E-state index contributed by atoms with van der Waals surface area (Å²) in [5, 5.41) is 16.1. The average molecular weight is 1720 g/mol. The molecule has 0 aromatic heterocycles. The Morgan fingerprint density at radius 3 is 1.20 bits per heavy atom. The van der Waals surface area contributed by atoms with Crippen LogP contribution in [0.15, 0.2) is 272 Å². The van der Waals surface area contributed by atoms with Gasteiger partial charge in [0, 0.05) is 141 Å². The SMILES string of the molecule is CCCCC[N+]1=C(/C=C/C=C/C=C/C=C2\N(CCCCCC(=O)N(C)CC(=O)NCC(C)(C)C)c3ccc4ccccc4c3C2(C)C)C(C)(C)c2c1ccc1ccccc21.CCCCC[N+]1=C(/C=C/C=C/C=C/C=C2\N(CCCCCC(=O)N(C)CC(=O)NCCCC(=O)OCc3ccccc3)c3ccc4ccccc4c3C2(C)C)C(C)(C)c2c1ccc1ccccc21. The van der Waals surface area contributed by atoms with Gasteiger partial charge in [-0.3, -0.25) is 24.0 Å². The lowest BCUT2D eigenvalue weighted by Gasteiger charge is -2.27. The molecule has 4 amide bonds. The Labute approximate surface area is 763 Å². The third kappa shape index (κ3) is 23.0. The summed E-state index contributed by atoms with van der Waals surface area (Å²) in [7, 11) is 3.40. The smallest absolute Gasteiger partial charge is 0.306 e. The van der Waals surface area contributed by atoms with Crippen molar-refractivity contribution >= 4 is 107 Å². The van der Waals surface area contributed by atoms with E-state index in [9.17, 15) is 24.0 Å². The van der Waals surface area contributed by atoms with E-state index < -0.39 is 0 Å². The average Bonchev–Trinajstić information content (AvgIpc) is 1.59. The number of rotatable bonds is 39. The quantitative estimate of drug-likeness (QED) is 0.0168. The highest BCUT2D eigenvalue weighted by molar-refractivity contribution is 6.09. The fraction of sp³-hybridized carbons (Fsp3) is 0.395. The standard InChI is InChI=1S/C60H70N4O4.C54H68N4O2/c1-7-8-23-41-63-50-38-36-46-28-19-21-30-48(46)57(50)59(2,3)52(63)32-16-10-9-11-17-33-53-60(4,5)58-49-31-22-20-29-47(49)37-39-51(58)64(53)42-24-13-18-34-55(66)62(6)43-54(65)61-40-25-35-56(67)68-44-45-26-14-12-15-27-45;1-10-11-23-36-57-44-34-32-40-25-19-21-27-42(40)50(44)53(5,6)46(57)29-16-13-12-14-17-30-47-54(7,8)51-43-28-22-20-26-41(43)33-35-45(51)58(47)37-24-15-18-31-49(60)56(9)38-48(59)55-39-52(2,3)4/h9-12,14-17,19-22,26-33,36-39H,7-8,13,18,23-25,34-35,40-44H2,1-6H3;12-14,16-17,19-22,25-30,32-35H,10-11,15,18,23-24,31,36-39H2,1-9H3/p+2. The van der Waals surface area contributed by atoms with E-state index in [-0.39, 0.29) is 82.8 Å². The minimum atomic E-state index is -0.300. The number of fused-ring (bicyclic) bond motifs is 12. The van der Waals surface area contributed by atoms with E-state index in [4.69, 9.17) is 4.74 Å². The molecule has 2 N–H and O–H groups in total. The third-order valence-corrected chi connectivity index (χ3v) is 26.0. The summed E-state index contributed by atoms with van der Waals surface area (Å²) >= 11 is 0. The number of anilines is 2. The van der Waals surface area contributed by atoms with Gasteiger partial charge in [0.1, 0.15) is 19.7 Å². The van der Waals surface area contributed by atoms with Crippen molar-refractivity contribution in [1.29, 1.82) is 0 Å². The Balaban J connectivity index is 0.000000234. The lowest BCUT2D eigenvalue weighted by atomic mass is 9.79. The molecule has 4 heterocycles. The maximum Gasteiger partial charge on any atom is 0.306 e. The molecule has 0 aliphatic carbocycles. The van der Waals surface area contributed by atoms with Crippen molar-refractivity contribution in [3.63, 3.8) is 0 Å². The van der Waals surface area contributed by atoms with Gasteiger partial charge in [0.2, 0.25) is 35.0 Å². The molecule has 4 aliphatic rings. The van der Waals surface area contributed by atoms with E-state index in [0.29, 0.717) is 32.4 Å². The summed E-state index contributed by atoms with van der Waals surface area (Å²) in [4.78, 5) is 71.0. The van der Waals surface area contributed by atoms with Gasteiger partial charge in [-0.15, -0.1) is 0 Å². The van der Waals surface area contributed by atoms with E-state index in [2.05, 4.69) is 350 Å². The Morgan fingerprint density at radius 1 is 0.398 bits per heavy atom. The molecule has 4 aliphatic heterocycles. The van der Waals surface area contributed by atoms with Crippen LogP contribution >= 0.6 is 0 Å². The Morgan fingerprint density at radius 2 is 0.781 bits per heavy atom. The molecule has 0 spiro atoms. The summed E-state index contributed by atoms with van der Waals surface area (Å²) in [6, 6.07) is 62.7. The number of esters is 1. The van der Waals surface area contributed by atoms with E-state index in [0.717, 1.165) is 76.7 Å². The van der Waals surface area contributed by atoms with E-state index in [1.165, 1.54) is 148 Å². The summed E-state index contributed by atoms with van der Waals surface area (Å²) < 4.78 is 10.4. The summed E-state index contributed by atoms with van der Waals surface area (Å²) in [5.41, 5.74) is 16.3. The van der Waals surface area contributed by atoms with Crippen molar-refractivity contribution in [2.24, 2.45) is 5.41 Å². The Bertz CT molecular complexity index is 5790. The first-order valence-electron chi connectivity index (χ1n) is 47.2. The first-order valence-corrected chi connectivity index (χ1v) is 47.2. The molecule has 0 fully saturated rings. The maximum absolute atomic E-state index is 13.0. The minimum absolute atomic E-state index is 0.00388. The van der Waals surface area contributed by atoms with Gasteiger partial charge < -0.3 is 35.0 Å². The number of carbonyl (C=O) groups excluding carboxylic acids is 5. The van der Waals surface area contributed by atoms with Crippen LogP contribution < -0.4 is 20.4 Å². The molecule has 14 heteroatoms. The van der Waals surface area contributed by atoms with Gasteiger partial charge in [0.25, 0.3) is 0 Å². The number of ether oxygens (including phenoxy) is 1. The van der Waals surface area contributed by atoms with Crippen molar-refractivity contribution in [2.45, 2.75) is 221 Å². The van der Waals surface area contributed by atoms with Gasteiger partial charge in [-0.25, -0.2) is 0 Å². The van der Waals surface area contributed by atoms with Crippen molar-refractivity contribution in [2.75, 3.05) is 76.3 Å². The number of amides is 4. The highest BCUT2D eigenvalue weighted by atomic mass is 16.5. The molecule has 0 bridgehead atoms. The van der Waals surface area contributed by atoms with Crippen LogP contribution in [0.2, 0.25) is 0 Å². The number of nitrogens with zero attached hydrogens (tertiary/aromatic N) is 6. The number of allylic oxidation sites excluding steroid dienone is 16. The van der Waals surface area contributed by atoms with Crippen LogP contribution in [0.1, 0.15) is 221 Å². The second kappa shape index (κ2) is 43.8. The fourth-order valence-corrected chi connectivity index (χ4v) is 19.3. The predicted octanol–water partition coefficient (Wildman–Crippen LogP) is 24.7. The zero-order chi connectivity index (χ0) is 91.2. The second-order valence-corrected chi connectivity index (χ2v) is 38.4. The van der Waals surface area contributed by atoms with Crippen LogP contribution in [0, 0.1) is 5.41 Å². The van der Waals surface area contributed by atoms with Crippen LogP contribution in [0.5, 0.6) is 0 Å². The highest BCUT2D eigenvalue weighted by Crippen LogP contribution is 2.53. The number of hydrogen-bond acceptors (Lipinski definition) is 8. The van der Waals surface area contributed by atoms with Gasteiger partial charge in [0.15, 0.2) is 11.4 Å². The van der Waals surface area contributed by atoms with E-state index in [1.54, 1.807) is 19.0 Å². The lowest BCUT2D eigenvalue weighted by molar-refractivity contribution is -0.438. The molecule has 670 valence electrons. The third-order valence-electron chi connectivity index (χ3n) is 26.0. The van der Waals surface area contributed by atoms with Gasteiger partial charge >= 0.3 is 5.97 Å². The van der Waals surface area contributed by atoms with Crippen molar-refractivity contribution in [1.82, 2.24) is 20.4 Å². The molecule has 14 nitrogen and oxygen atoms in total. The van der Waals surface area contributed by atoms with Crippen LogP contribution in [0.25, 0.3) is 43.1 Å². The van der Waals surface area contributed by atoms with Gasteiger partial charge in [-0.2, -0.15) is 9.15 Å². The largest absolute Gasteiger partial charge is 0.461 e. The zero-order valence-electron chi connectivity index (χ0n) is 79.1. The molecular formula is C114H140N8O6+2. The number of carbonyl (C=O) groups is 5. The number of likely N-dealkylation sites (N-methyl/N-ethyl adjacent to an activating group) is 2. The number of benzene rings is 9. The Hall–Kier alpha value is -11.8. The van der Waals surface area contributed by atoms with E-state index in [1.807, 2.05) is 30.3 Å². The van der Waals surface area contributed by atoms with Gasteiger partial charge in [-0.1, -0.05) is 288 Å². The predicted molar refractivity (Wildman–Crippen MR) is 535 cm³/mol. The molecule has 0 saturated carbocycles. The molecule has 0 atom stereocenters. The number of unbranched alkanes of at least 4 members (excludes halogenated alkanes) is 8. The van der Waals surface area contributed by atoms with Crippen LogP contribution in [0.3, 0.4) is 0 Å². The molecule has 9 aromatic carbocycles. The molecule has 9 aromatic rings.